The number of fused-ring (bicyclic) bond motifs is 7. The van der Waals surface area contributed by atoms with Crippen LogP contribution in [0.2, 0.25) is 0 Å². The van der Waals surface area contributed by atoms with E-state index in [9.17, 15) is 0 Å². The molecule has 1 aliphatic carbocycles. The molecule has 0 radical (unpaired) electrons. The summed E-state index contributed by atoms with van der Waals surface area (Å²) < 4.78 is 2.43. The van der Waals surface area contributed by atoms with Gasteiger partial charge in [-0.2, -0.15) is 0 Å². The van der Waals surface area contributed by atoms with Gasteiger partial charge in [0.05, 0.1) is 22.4 Å². The molecule has 2 nitrogen and oxygen atoms in total. The Labute approximate surface area is 269 Å². The molecule has 0 spiro atoms. The lowest BCUT2D eigenvalue weighted by atomic mass is 9.80. The van der Waals surface area contributed by atoms with Crippen LogP contribution >= 0.6 is 0 Å². The molecule has 6 aromatic carbocycles. The minimum absolute atomic E-state index is 0.0872. The standard InChI is InChI=1S/C44H32N2/c1-44(2)37-19-11-9-17-34(37)35-25-26-41-42(43(35)44)36-18-10-12-20-40(36)46(41)33-23-21-31(22-24-33)39-28-32(29-13-5-3-6-14-29)27-38(45-39)30-15-7-4-8-16-30/h3-28H,1-2H3. The summed E-state index contributed by atoms with van der Waals surface area (Å²) in [5, 5.41) is 2.65. The quantitative estimate of drug-likeness (QED) is 0.200. The predicted molar refractivity (Wildman–Crippen MR) is 192 cm³/mol. The van der Waals surface area contributed by atoms with Crippen LogP contribution in [0.5, 0.6) is 0 Å². The molecule has 0 unspecified atom stereocenters. The molecule has 9 rings (SSSR count). The van der Waals surface area contributed by atoms with E-state index < -0.39 is 0 Å². The molecule has 2 heterocycles. The van der Waals surface area contributed by atoms with Crippen molar-refractivity contribution in [1.82, 2.24) is 9.55 Å². The van der Waals surface area contributed by atoms with Gasteiger partial charge in [0.15, 0.2) is 0 Å². The molecule has 218 valence electrons. The SMILES string of the molecule is CC1(C)c2ccccc2-c2ccc3c(c21)c1ccccc1n3-c1ccc(-c2cc(-c3ccccc3)cc(-c3ccccc3)n2)cc1. The van der Waals surface area contributed by atoms with E-state index in [0.29, 0.717) is 0 Å². The summed E-state index contributed by atoms with van der Waals surface area (Å²) in [7, 11) is 0. The molecular formula is C44H32N2. The van der Waals surface area contributed by atoms with Gasteiger partial charge in [0.2, 0.25) is 0 Å². The number of hydrogen-bond donors (Lipinski definition) is 0. The van der Waals surface area contributed by atoms with Gasteiger partial charge in [0.25, 0.3) is 0 Å². The van der Waals surface area contributed by atoms with E-state index in [1.165, 1.54) is 49.6 Å². The first-order valence-corrected chi connectivity index (χ1v) is 16.0. The minimum Gasteiger partial charge on any atom is -0.309 e. The van der Waals surface area contributed by atoms with Gasteiger partial charge in [-0.3, -0.25) is 0 Å². The Balaban J connectivity index is 1.21. The summed E-state index contributed by atoms with van der Waals surface area (Å²) in [5.41, 5.74) is 15.5. The Hall–Kier alpha value is -5.73. The molecule has 1 aliphatic rings. The van der Waals surface area contributed by atoms with E-state index >= 15 is 0 Å². The van der Waals surface area contributed by atoms with Crippen LogP contribution in [0.15, 0.2) is 158 Å². The molecule has 0 N–H and O–H groups in total. The summed E-state index contributed by atoms with van der Waals surface area (Å²) in [6.45, 7) is 4.75. The predicted octanol–water partition coefficient (Wildman–Crippen LogP) is 11.5. The first-order chi connectivity index (χ1) is 22.6. The van der Waals surface area contributed by atoms with E-state index in [2.05, 4.69) is 170 Å². The molecule has 0 aliphatic heterocycles. The Bertz CT molecular complexity index is 2360. The fraction of sp³-hybridized carbons (Fsp3) is 0.0682. The maximum absolute atomic E-state index is 5.16. The van der Waals surface area contributed by atoms with E-state index in [0.717, 1.165) is 33.8 Å². The molecule has 0 atom stereocenters. The van der Waals surface area contributed by atoms with Crippen molar-refractivity contribution in [3.8, 4) is 50.5 Å². The second kappa shape index (κ2) is 10.2. The second-order valence-electron chi connectivity index (χ2n) is 12.8. The van der Waals surface area contributed by atoms with Crippen LogP contribution in [0.25, 0.3) is 72.3 Å². The summed E-state index contributed by atoms with van der Waals surface area (Å²) in [6, 6.07) is 56.7. The molecule has 0 bridgehead atoms. The van der Waals surface area contributed by atoms with Gasteiger partial charge in [-0.1, -0.05) is 135 Å². The summed E-state index contributed by atoms with van der Waals surface area (Å²) >= 11 is 0. The van der Waals surface area contributed by atoms with E-state index in [1.807, 2.05) is 6.07 Å². The van der Waals surface area contributed by atoms with Crippen LogP contribution in [0.4, 0.5) is 0 Å². The highest BCUT2D eigenvalue weighted by Crippen LogP contribution is 2.53. The molecule has 8 aromatic rings. The highest BCUT2D eigenvalue weighted by atomic mass is 15.0. The largest absolute Gasteiger partial charge is 0.309 e. The number of para-hydroxylation sites is 1. The van der Waals surface area contributed by atoms with Crippen molar-refractivity contribution >= 4 is 21.8 Å². The van der Waals surface area contributed by atoms with Crippen LogP contribution in [-0.2, 0) is 5.41 Å². The van der Waals surface area contributed by atoms with Gasteiger partial charge in [0, 0.05) is 33.0 Å². The number of benzene rings is 6. The average molecular weight is 589 g/mol. The molecule has 0 saturated heterocycles. The highest BCUT2D eigenvalue weighted by Gasteiger charge is 2.37. The van der Waals surface area contributed by atoms with Crippen molar-refractivity contribution in [2.24, 2.45) is 0 Å². The number of aromatic nitrogens is 2. The molecule has 2 heteroatoms. The number of hydrogen-bond acceptors (Lipinski definition) is 1. The minimum atomic E-state index is -0.0872. The Morgan fingerprint density at radius 2 is 1.09 bits per heavy atom. The summed E-state index contributed by atoms with van der Waals surface area (Å²) in [6.07, 6.45) is 0. The van der Waals surface area contributed by atoms with Crippen LogP contribution in [0.1, 0.15) is 25.0 Å². The molecule has 0 saturated carbocycles. The molecule has 0 amide bonds. The zero-order valence-corrected chi connectivity index (χ0v) is 25.9. The maximum Gasteiger partial charge on any atom is 0.0715 e. The third kappa shape index (κ3) is 4.00. The fourth-order valence-electron chi connectivity index (χ4n) is 7.62. The number of rotatable bonds is 4. The van der Waals surface area contributed by atoms with Crippen LogP contribution < -0.4 is 0 Å². The zero-order chi connectivity index (χ0) is 30.8. The van der Waals surface area contributed by atoms with E-state index in [4.69, 9.17) is 4.98 Å². The second-order valence-corrected chi connectivity index (χ2v) is 12.8. The lowest BCUT2D eigenvalue weighted by Crippen LogP contribution is -2.15. The van der Waals surface area contributed by atoms with Gasteiger partial charge in [-0.15, -0.1) is 0 Å². The monoisotopic (exact) mass is 588 g/mol. The van der Waals surface area contributed by atoms with Gasteiger partial charge < -0.3 is 4.57 Å². The van der Waals surface area contributed by atoms with Crippen LogP contribution in [-0.4, -0.2) is 9.55 Å². The van der Waals surface area contributed by atoms with E-state index in [1.54, 1.807) is 0 Å². The number of pyridine rings is 1. The van der Waals surface area contributed by atoms with Crippen molar-refractivity contribution in [3.63, 3.8) is 0 Å². The summed E-state index contributed by atoms with van der Waals surface area (Å²) in [4.78, 5) is 5.16. The lowest BCUT2D eigenvalue weighted by molar-refractivity contribution is 0.666. The van der Waals surface area contributed by atoms with Gasteiger partial charge in [-0.05, 0) is 69.8 Å². The van der Waals surface area contributed by atoms with Crippen molar-refractivity contribution in [2.45, 2.75) is 19.3 Å². The van der Waals surface area contributed by atoms with E-state index in [-0.39, 0.29) is 5.41 Å². The molecule has 2 aromatic heterocycles. The third-order valence-corrected chi connectivity index (χ3v) is 9.78. The van der Waals surface area contributed by atoms with Gasteiger partial charge in [-0.25, -0.2) is 4.98 Å². The zero-order valence-electron chi connectivity index (χ0n) is 25.9. The molecule has 0 fully saturated rings. The Morgan fingerprint density at radius 3 is 1.83 bits per heavy atom. The molecular weight excluding hydrogens is 556 g/mol. The number of nitrogens with zero attached hydrogens (tertiary/aromatic N) is 2. The molecule has 46 heavy (non-hydrogen) atoms. The van der Waals surface area contributed by atoms with Gasteiger partial charge >= 0.3 is 0 Å². The Kier molecular flexibility index (Phi) is 5.88. The first kappa shape index (κ1) is 26.7. The smallest absolute Gasteiger partial charge is 0.0715 e. The average Bonchev–Trinajstić information content (AvgIpc) is 3.57. The van der Waals surface area contributed by atoms with Crippen molar-refractivity contribution in [2.75, 3.05) is 0 Å². The lowest BCUT2D eigenvalue weighted by Gasteiger charge is -2.22. The van der Waals surface area contributed by atoms with Crippen molar-refractivity contribution < 1.29 is 0 Å². The first-order valence-electron chi connectivity index (χ1n) is 16.0. The van der Waals surface area contributed by atoms with Crippen molar-refractivity contribution in [1.29, 1.82) is 0 Å². The maximum atomic E-state index is 5.16. The van der Waals surface area contributed by atoms with Crippen molar-refractivity contribution in [3.05, 3.63) is 169 Å². The fourth-order valence-corrected chi connectivity index (χ4v) is 7.62. The van der Waals surface area contributed by atoms with Crippen LogP contribution in [0, 0.1) is 0 Å². The third-order valence-electron chi connectivity index (χ3n) is 9.78. The normalized spacial score (nSPS) is 13.2. The topological polar surface area (TPSA) is 17.8 Å². The highest BCUT2D eigenvalue weighted by molar-refractivity contribution is 6.14. The Morgan fingerprint density at radius 1 is 0.478 bits per heavy atom. The van der Waals surface area contributed by atoms with Crippen LogP contribution in [0.3, 0.4) is 0 Å². The van der Waals surface area contributed by atoms with Gasteiger partial charge in [0.1, 0.15) is 0 Å². The summed E-state index contributed by atoms with van der Waals surface area (Å²) in [5.74, 6) is 0.